The molecule has 0 atom stereocenters. The molecule has 0 fully saturated rings. The highest BCUT2D eigenvalue weighted by Gasteiger charge is 2.11. The molecule has 0 amide bonds. The highest BCUT2D eigenvalue weighted by atomic mass is 15.0. The first kappa shape index (κ1) is 13.6. The average molecular weight is 298 g/mol. The third-order valence-corrected chi connectivity index (χ3v) is 4.33. The molecule has 0 aliphatic carbocycles. The molecule has 2 heteroatoms. The van der Waals surface area contributed by atoms with Crippen LogP contribution in [0.1, 0.15) is 12.5 Å². The first-order chi connectivity index (χ1) is 11.3. The lowest BCUT2D eigenvalue weighted by Crippen LogP contribution is -1.99. The van der Waals surface area contributed by atoms with Gasteiger partial charge in [0.25, 0.3) is 0 Å². The van der Waals surface area contributed by atoms with E-state index in [1.54, 1.807) is 0 Å². The van der Waals surface area contributed by atoms with Gasteiger partial charge in [-0.2, -0.15) is 0 Å². The topological polar surface area (TPSA) is 30.9 Å². The molecule has 112 valence electrons. The molecule has 4 rings (SSSR count). The van der Waals surface area contributed by atoms with Gasteiger partial charge in [-0.05, 0) is 36.8 Å². The molecule has 1 aromatic heterocycles. The Kier molecular flexibility index (Phi) is 3.16. The SMILES string of the molecule is C/C=C(\N)c1cccc(-n2c3ccccc3c3ccccc32)c1. The molecule has 0 spiro atoms. The van der Waals surface area contributed by atoms with Gasteiger partial charge in [0.05, 0.1) is 11.0 Å². The first-order valence-corrected chi connectivity index (χ1v) is 7.80. The number of allylic oxidation sites excluding steroid dienone is 1. The fourth-order valence-corrected chi connectivity index (χ4v) is 3.19. The molecule has 3 aromatic carbocycles. The van der Waals surface area contributed by atoms with Gasteiger partial charge in [0.1, 0.15) is 0 Å². The first-order valence-electron chi connectivity index (χ1n) is 7.80. The summed E-state index contributed by atoms with van der Waals surface area (Å²) < 4.78 is 2.30. The molecule has 23 heavy (non-hydrogen) atoms. The van der Waals surface area contributed by atoms with Crippen molar-refractivity contribution in [3.05, 3.63) is 84.4 Å². The zero-order chi connectivity index (χ0) is 15.8. The number of hydrogen-bond acceptors (Lipinski definition) is 1. The van der Waals surface area contributed by atoms with E-state index in [1.165, 1.54) is 21.8 Å². The lowest BCUT2D eigenvalue weighted by Gasteiger charge is -2.10. The van der Waals surface area contributed by atoms with Crippen LogP contribution in [0.4, 0.5) is 0 Å². The molecular formula is C21H18N2. The Morgan fingerprint density at radius 2 is 1.43 bits per heavy atom. The van der Waals surface area contributed by atoms with E-state index in [-0.39, 0.29) is 0 Å². The molecule has 0 aliphatic heterocycles. The standard InChI is InChI=1S/C21H18N2/c1-2-19(22)15-8-7-9-16(14-15)23-20-12-5-3-10-17(20)18-11-4-6-13-21(18)23/h2-14H,22H2,1H3/b19-2-. The second-order valence-corrected chi connectivity index (χ2v) is 5.66. The third kappa shape index (κ3) is 2.11. The van der Waals surface area contributed by atoms with Crippen LogP contribution < -0.4 is 5.73 Å². The quantitative estimate of drug-likeness (QED) is 0.548. The molecule has 2 N–H and O–H groups in total. The van der Waals surface area contributed by atoms with Crippen molar-refractivity contribution < 1.29 is 0 Å². The van der Waals surface area contributed by atoms with E-state index in [2.05, 4.69) is 71.3 Å². The number of fused-ring (bicyclic) bond motifs is 3. The minimum atomic E-state index is 0.799. The summed E-state index contributed by atoms with van der Waals surface area (Å²) in [4.78, 5) is 0. The number of nitrogens with two attached hydrogens (primary N) is 1. The summed E-state index contributed by atoms with van der Waals surface area (Å²) in [6.45, 7) is 1.96. The molecule has 0 saturated heterocycles. The van der Waals surface area contributed by atoms with Gasteiger partial charge in [-0.15, -0.1) is 0 Å². The van der Waals surface area contributed by atoms with Crippen LogP contribution in [0.15, 0.2) is 78.9 Å². The molecule has 0 radical (unpaired) electrons. The Bertz CT molecular complexity index is 985. The predicted octanol–water partition coefficient (Wildman–Crippen LogP) is 5.10. The largest absolute Gasteiger partial charge is 0.399 e. The van der Waals surface area contributed by atoms with Crippen LogP contribution >= 0.6 is 0 Å². The normalized spacial score (nSPS) is 12.1. The van der Waals surface area contributed by atoms with E-state index in [0.29, 0.717) is 0 Å². The number of hydrogen-bond donors (Lipinski definition) is 1. The number of benzene rings is 3. The van der Waals surface area contributed by atoms with Crippen molar-refractivity contribution >= 4 is 27.5 Å². The minimum absolute atomic E-state index is 0.799. The van der Waals surface area contributed by atoms with E-state index in [9.17, 15) is 0 Å². The summed E-state index contributed by atoms with van der Waals surface area (Å²) in [6.07, 6.45) is 1.94. The maximum Gasteiger partial charge on any atom is 0.0541 e. The molecule has 0 unspecified atom stereocenters. The number of nitrogens with zero attached hydrogens (tertiary/aromatic N) is 1. The Balaban J connectivity index is 2.09. The van der Waals surface area contributed by atoms with Gasteiger partial charge in [-0.3, -0.25) is 0 Å². The lowest BCUT2D eigenvalue weighted by atomic mass is 10.1. The molecule has 0 aliphatic rings. The maximum absolute atomic E-state index is 6.09. The van der Waals surface area contributed by atoms with Crippen LogP contribution in [0, 0.1) is 0 Å². The van der Waals surface area contributed by atoms with Crippen molar-refractivity contribution in [1.29, 1.82) is 0 Å². The Labute approximate surface area is 135 Å². The van der Waals surface area contributed by atoms with Crippen LogP contribution in [0.3, 0.4) is 0 Å². The summed E-state index contributed by atoms with van der Waals surface area (Å²) in [5.41, 5.74) is 11.5. The van der Waals surface area contributed by atoms with Gasteiger partial charge in [-0.1, -0.05) is 54.6 Å². The van der Waals surface area contributed by atoms with Crippen molar-refractivity contribution in [1.82, 2.24) is 4.57 Å². The van der Waals surface area contributed by atoms with E-state index in [4.69, 9.17) is 5.73 Å². The lowest BCUT2D eigenvalue weighted by molar-refractivity contribution is 1.18. The highest BCUT2D eigenvalue weighted by molar-refractivity contribution is 6.09. The molecular weight excluding hydrogens is 280 g/mol. The molecule has 0 bridgehead atoms. The van der Waals surface area contributed by atoms with E-state index >= 15 is 0 Å². The van der Waals surface area contributed by atoms with Gasteiger partial charge < -0.3 is 10.3 Å². The van der Waals surface area contributed by atoms with E-state index in [1.807, 2.05) is 19.1 Å². The van der Waals surface area contributed by atoms with Crippen molar-refractivity contribution in [3.8, 4) is 5.69 Å². The Morgan fingerprint density at radius 1 is 0.826 bits per heavy atom. The molecule has 2 nitrogen and oxygen atoms in total. The summed E-state index contributed by atoms with van der Waals surface area (Å²) in [7, 11) is 0. The summed E-state index contributed by atoms with van der Waals surface area (Å²) in [6, 6.07) is 25.4. The van der Waals surface area contributed by atoms with Gasteiger partial charge in [-0.25, -0.2) is 0 Å². The Morgan fingerprint density at radius 3 is 2.04 bits per heavy atom. The van der Waals surface area contributed by atoms with Crippen molar-refractivity contribution in [2.45, 2.75) is 6.92 Å². The van der Waals surface area contributed by atoms with Crippen molar-refractivity contribution in [3.63, 3.8) is 0 Å². The molecule has 4 aromatic rings. The predicted molar refractivity (Wildman–Crippen MR) is 98.6 cm³/mol. The molecule has 1 heterocycles. The third-order valence-electron chi connectivity index (χ3n) is 4.33. The highest BCUT2D eigenvalue weighted by Crippen LogP contribution is 2.32. The number of para-hydroxylation sites is 2. The van der Waals surface area contributed by atoms with Crippen LogP contribution in [-0.2, 0) is 0 Å². The fraction of sp³-hybridized carbons (Fsp3) is 0.0476. The monoisotopic (exact) mass is 298 g/mol. The number of aromatic nitrogens is 1. The van der Waals surface area contributed by atoms with Gasteiger partial charge >= 0.3 is 0 Å². The summed E-state index contributed by atoms with van der Waals surface area (Å²) >= 11 is 0. The van der Waals surface area contributed by atoms with Crippen LogP contribution in [0.2, 0.25) is 0 Å². The Hall–Kier alpha value is -3.00. The van der Waals surface area contributed by atoms with Crippen molar-refractivity contribution in [2.24, 2.45) is 5.73 Å². The van der Waals surface area contributed by atoms with Gasteiger partial charge in [0, 0.05) is 22.2 Å². The van der Waals surface area contributed by atoms with Crippen molar-refractivity contribution in [2.75, 3.05) is 0 Å². The molecule has 0 saturated carbocycles. The minimum Gasteiger partial charge on any atom is -0.399 e. The van der Waals surface area contributed by atoms with E-state index < -0.39 is 0 Å². The maximum atomic E-state index is 6.09. The van der Waals surface area contributed by atoms with Crippen LogP contribution in [-0.4, -0.2) is 4.57 Å². The summed E-state index contributed by atoms with van der Waals surface area (Å²) in [5.74, 6) is 0. The van der Waals surface area contributed by atoms with E-state index in [0.717, 1.165) is 16.9 Å². The zero-order valence-corrected chi connectivity index (χ0v) is 13.0. The van der Waals surface area contributed by atoms with Gasteiger partial charge in [0.15, 0.2) is 0 Å². The smallest absolute Gasteiger partial charge is 0.0541 e. The average Bonchev–Trinajstić information content (AvgIpc) is 2.96. The summed E-state index contributed by atoms with van der Waals surface area (Å²) in [5, 5.41) is 2.54. The second-order valence-electron chi connectivity index (χ2n) is 5.66. The van der Waals surface area contributed by atoms with Gasteiger partial charge in [0.2, 0.25) is 0 Å². The fourth-order valence-electron chi connectivity index (χ4n) is 3.19. The zero-order valence-electron chi connectivity index (χ0n) is 13.0. The number of rotatable bonds is 2. The second kappa shape index (κ2) is 5.33. The van der Waals surface area contributed by atoms with Crippen LogP contribution in [0.5, 0.6) is 0 Å². The van der Waals surface area contributed by atoms with Crippen LogP contribution in [0.25, 0.3) is 33.2 Å².